The Morgan fingerprint density at radius 2 is 1.88 bits per heavy atom. The summed E-state index contributed by atoms with van der Waals surface area (Å²) in [5.74, 6) is 0.547. The van der Waals surface area contributed by atoms with Crippen LogP contribution in [0.2, 0.25) is 0 Å². The quantitative estimate of drug-likeness (QED) is 0.527. The minimum atomic E-state index is 0. The summed E-state index contributed by atoms with van der Waals surface area (Å²) in [5, 5.41) is 20.1. The first kappa shape index (κ1) is 24.1. The fraction of sp³-hybridized carbons (Fsp3) is 0.333. The summed E-state index contributed by atoms with van der Waals surface area (Å²) in [6, 6.07) is 7.93. The molecule has 0 saturated heterocycles. The summed E-state index contributed by atoms with van der Waals surface area (Å²) in [4.78, 5) is 4.50. The Hall–Kier alpha value is -1.86. The molecule has 5 N–H and O–H groups in total. The van der Waals surface area contributed by atoms with E-state index in [0.717, 1.165) is 11.3 Å². The Balaban J connectivity index is 0.00000312. The summed E-state index contributed by atoms with van der Waals surface area (Å²) in [5.41, 5.74) is 8.95. The highest BCUT2D eigenvalue weighted by atomic mass is 35.5. The molecule has 0 fully saturated rings. The van der Waals surface area contributed by atoms with E-state index >= 15 is 0 Å². The van der Waals surface area contributed by atoms with Gasteiger partial charge >= 0.3 is 0 Å². The van der Waals surface area contributed by atoms with Gasteiger partial charge in [0.2, 0.25) is 0 Å². The van der Waals surface area contributed by atoms with Crippen LogP contribution in [0.25, 0.3) is 0 Å². The normalized spacial score (nSPS) is 16.1. The lowest BCUT2D eigenvalue weighted by atomic mass is 10.1. The maximum Gasteiger partial charge on any atom is 0.144 e. The van der Waals surface area contributed by atoms with Crippen molar-refractivity contribution in [2.45, 2.75) is 19.9 Å². The van der Waals surface area contributed by atoms with Crippen LogP contribution >= 0.6 is 24.8 Å². The van der Waals surface area contributed by atoms with Crippen molar-refractivity contribution in [3.05, 3.63) is 53.4 Å². The number of hydrogen-bond donors (Lipinski definition) is 4. The zero-order chi connectivity index (χ0) is 17.5. The van der Waals surface area contributed by atoms with E-state index < -0.39 is 0 Å². The van der Waals surface area contributed by atoms with Gasteiger partial charge in [0.1, 0.15) is 5.76 Å². The maximum absolute atomic E-state index is 8.86. The number of nitrogens with zero attached hydrogens (tertiary/aromatic N) is 1. The second-order valence-corrected chi connectivity index (χ2v) is 5.44. The van der Waals surface area contributed by atoms with Crippen molar-refractivity contribution in [3.8, 4) is 0 Å². The van der Waals surface area contributed by atoms with Gasteiger partial charge in [-0.1, -0.05) is 12.1 Å². The third-order valence-electron chi connectivity index (χ3n) is 3.63. The highest BCUT2D eigenvalue weighted by Gasteiger charge is 2.15. The Morgan fingerprint density at radius 3 is 2.46 bits per heavy atom. The molecule has 0 bridgehead atoms. The minimum Gasteiger partial charge on any atom is -0.492 e. The smallest absolute Gasteiger partial charge is 0.144 e. The van der Waals surface area contributed by atoms with Gasteiger partial charge in [-0.15, -0.1) is 24.8 Å². The van der Waals surface area contributed by atoms with Crippen molar-refractivity contribution in [1.29, 1.82) is 5.41 Å². The lowest BCUT2D eigenvalue weighted by Crippen LogP contribution is -2.21. The summed E-state index contributed by atoms with van der Waals surface area (Å²) in [6.07, 6.45) is 3.25. The lowest BCUT2D eigenvalue weighted by molar-refractivity contribution is 0.237. The van der Waals surface area contributed by atoms with Crippen molar-refractivity contribution >= 4 is 41.9 Å². The van der Waals surface area contributed by atoms with E-state index in [9.17, 15) is 0 Å². The molecule has 144 valence electrons. The third-order valence-corrected chi connectivity index (χ3v) is 3.63. The largest absolute Gasteiger partial charge is 0.492 e. The molecule has 0 spiro atoms. The monoisotopic (exact) mass is 400 g/mol. The van der Waals surface area contributed by atoms with Crippen molar-refractivity contribution in [3.63, 3.8) is 0 Å². The fourth-order valence-corrected chi connectivity index (χ4v) is 2.33. The van der Waals surface area contributed by atoms with Gasteiger partial charge in [0.15, 0.2) is 0 Å². The fourth-order valence-electron chi connectivity index (χ4n) is 2.33. The summed E-state index contributed by atoms with van der Waals surface area (Å²) in [6.45, 7) is 5.10. The van der Waals surface area contributed by atoms with E-state index in [1.807, 2.05) is 38.1 Å². The molecule has 1 aromatic carbocycles. The molecule has 0 radical (unpaired) electrons. The number of hydrogen-bond acceptors (Lipinski definition) is 6. The van der Waals surface area contributed by atoms with E-state index in [1.54, 1.807) is 12.2 Å². The molecule has 0 saturated carbocycles. The first-order valence-electron chi connectivity index (χ1n) is 7.99. The number of aliphatic hydroxyl groups is 1. The molecule has 0 aromatic heterocycles. The van der Waals surface area contributed by atoms with E-state index in [4.69, 9.17) is 21.0 Å². The molecule has 1 unspecified atom stereocenters. The molecule has 2 rings (SSSR count). The van der Waals surface area contributed by atoms with E-state index in [2.05, 4.69) is 10.3 Å². The van der Waals surface area contributed by atoms with Gasteiger partial charge in [-0.25, -0.2) is 4.99 Å². The zero-order valence-corrected chi connectivity index (χ0v) is 16.5. The standard InChI is InChI=1S/C18H24N4O2.2ClH/c1-3-24-18-11-17(15(19)10-16(18)20)22-14-6-4-13(5-7-14)12(2)21-8-9-23;;/h4-7,10-12,19,21,23H,3,8-9,20H2,1-2H3;2*1H. The van der Waals surface area contributed by atoms with Gasteiger partial charge in [-0.3, -0.25) is 5.41 Å². The van der Waals surface area contributed by atoms with Crippen LogP contribution in [0.4, 0.5) is 5.69 Å². The molecular weight excluding hydrogens is 375 g/mol. The Morgan fingerprint density at radius 1 is 1.23 bits per heavy atom. The summed E-state index contributed by atoms with van der Waals surface area (Å²) in [7, 11) is 0. The van der Waals surface area contributed by atoms with Crippen LogP contribution in [-0.2, 0) is 4.74 Å². The number of halogens is 2. The molecule has 26 heavy (non-hydrogen) atoms. The van der Waals surface area contributed by atoms with E-state index in [1.165, 1.54) is 0 Å². The van der Waals surface area contributed by atoms with Crippen LogP contribution < -0.4 is 11.1 Å². The van der Waals surface area contributed by atoms with Crippen LogP contribution in [0.1, 0.15) is 25.5 Å². The summed E-state index contributed by atoms with van der Waals surface area (Å²) >= 11 is 0. The van der Waals surface area contributed by atoms with Crippen LogP contribution in [0, 0.1) is 5.41 Å². The van der Waals surface area contributed by atoms with Gasteiger partial charge in [-0.05, 0) is 37.6 Å². The van der Waals surface area contributed by atoms with Gasteiger partial charge in [-0.2, -0.15) is 0 Å². The van der Waals surface area contributed by atoms with E-state index in [0.29, 0.717) is 30.3 Å². The van der Waals surface area contributed by atoms with Gasteiger partial charge in [0.05, 0.1) is 36.0 Å². The summed E-state index contributed by atoms with van der Waals surface area (Å²) < 4.78 is 5.46. The molecule has 6 nitrogen and oxygen atoms in total. The van der Waals surface area contributed by atoms with Gasteiger partial charge < -0.3 is 20.9 Å². The van der Waals surface area contributed by atoms with Crippen molar-refractivity contribution in [2.24, 2.45) is 10.7 Å². The number of ether oxygens (including phenoxy) is 1. The van der Waals surface area contributed by atoms with Gasteiger partial charge in [0, 0.05) is 18.7 Å². The Kier molecular flexibility index (Phi) is 10.9. The zero-order valence-electron chi connectivity index (χ0n) is 14.9. The number of nitrogens with two attached hydrogens (primary N) is 1. The third kappa shape index (κ3) is 6.46. The number of benzene rings is 1. The molecule has 8 heteroatoms. The minimum absolute atomic E-state index is 0. The first-order chi connectivity index (χ1) is 11.5. The highest BCUT2D eigenvalue weighted by Crippen LogP contribution is 2.20. The van der Waals surface area contributed by atoms with Crippen molar-refractivity contribution in [1.82, 2.24) is 5.32 Å². The number of rotatable bonds is 7. The average Bonchev–Trinajstić information content (AvgIpc) is 2.57. The second-order valence-electron chi connectivity index (χ2n) is 5.44. The molecular formula is C18H26Cl2N4O2. The molecule has 0 amide bonds. The maximum atomic E-state index is 8.86. The van der Waals surface area contributed by atoms with Gasteiger partial charge in [0.25, 0.3) is 0 Å². The average molecular weight is 401 g/mol. The Bertz CT molecular complexity index is 685. The lowest BCUT2D eigenvalue weighted by Gasteiger charge is -2.15. The Labute approximate surface area is 166 Å². The number of aliphatic imine (C=N–C) groups is 1. The number of nitrogens with one attached hydrogen (secondary N) is 2. The highest BCUT2D eigenvalue weighted by molar-refractivity contribution is 6.50. The van der Waals surface area contributed by atoms with Crippen LogP contribution in [0.3, 0.4) is 0 Å². The van der Waals surface area contributed by atoms with Crippen LogP contribution in [0.5, 0.6) is 0 Å². The topological polar surface area (TPSA) is 104 Å². The molecule has 1 aliphatic carbocycles. The second kappa shape index (κ2) is 11.7. The molecule has 0 aliphatic heterocycles. The predicted molar refractivity (Wildman–Crippen MR) is 111 cm³/mol. The number of allylic oxidation sites excluding steroid dienone is 2. The van der Waals surface area contributed by atoms with Crippen molar-refractivity contribution < 1.29 is 9.84 Å². The van der Waals surface area contributed by atoms with Crippen LogP contribution in [-0.4, -0.2) is 36.3 Å². The molecule has 1 aromatic rings. The first-order valence-corrected chi connectivity index (χ1v) is 7.99. The van der Waals surface area contributed by atoms with Crippen molar-refractivity contribution in [2.75, 3.05) is 19.8 Å². The van der Waals surface area contributed by atoms with E-state index in [-0.39, 0.29) is 43.2 Å². The predicted octanol–water partition coefficient (Wildman–Crippen LogP) is 3.04. The molecule has 0 heterocycles. The SMILES string of the molecule is CCOC1=CC(=Nc2ccc(C(C)NCCO)cc2)C(=N)C=C1N.Cl.Cl. The molecule has 1 atom stereocenters. The number of aliphatic hydroxyl groups excluding tert-OH is 1. The molecule has 1 aliphatic rings. The van der Waals surface area contributed by atoms with Crippen LogP contribution in [0.15, 0.2) is 52.9 Å².